The van der Waals surface area contributed by atoms with E-state index in [0.29, 0.717) is 18.0 Å². The van der Waals surface area contributed by atoms with Crippen LogP contribution in [0.25, 0.3) is 0 Å². The highest BCUT2D eigenvalue weighted by Crippen LogP contribution is 2.18. The maximum atomic E-state index is 13.5. The van der Waals surface area contributed by atoms with Crippen LogP contribution >= 0.6 is 0 Å². The summed E-state index contributed by atoms with van der Waals surface area (Å²) in [6.45, 7) is 4.06. The van der Waals surface area contributed by atoms with Crippen LogP contribution in [0.5, 0.6) is 0 Å². The third-order valence-electron chi connectivity index (χ3n) is 2.85. The quantitative estimate of drug-likeness (QED) is 0.888. The number of nitrogens with zero attached hydrogens (tertiary/aromatic N) is 1. The van der Waals surface area contributed by atoms with Crippen LogP contribution in [0.3, 0.4) is 0 Å². The summed E-state index contributed by atoms with van der Waals surface area (Å²) >= 11 is 0. The number of rotatable bonds is 4. The van der Waals surface area contributed by atoms with Crippen molar-refractivity contribution in [2.45, 2.75) is 20.4 Å². The van der Waals surface area contributed by atoms with Crippen molar-refractivity contribution in [1.82, 2.24) is 5.16 Å². The second kappa shape index (κ2) is 5.09. The van der Waals surface area contributed by atoms with Gasteiger partial charge in [0.2, 0.25) is 0 Å². The Morgan fingerprint density at radius 2 is 2.21 bits per heavy atom. The summed E-state index contributed by atoms with van der Waals surface area (Å²) in [5, 5.41) is 15.5. The minimum absolute atomic E-state index is 0.345. The standard InChI is InChI=1S/C13H13FN2O3/c1-7-11(8(2)19-16-7)6-15-9-3-4-10(13(17)18)12(14)5-9/h3-5,15H,6H2,1-2H3,(H,17,18). The van der Waals surface area contributed by atoms with Gasteiger partial charge in [-0.05, 0) is 32.0 Å². The van der Waals surface area contributed by atoms with Crippen molar-refractivity contribution in [3.8, 4) is 0 Å². The van der Waals surface area contributed by atoms with Gasteiger partial charge in [0.15, 0.2) is 0 Å². The predicted molar refractivity (Wildman–Crippen MR) is 66.7 cm³/mol. The highest BCUT2D eigenvalue weighted by molar-refractivity contribution is 5.88. The molecule has 0 aliphatic carbocycles. The molecule has 0 amide bonds. The molecule has 2 rings (SSSR count). The van der Waals surface area contributed by atoms with E-state index in [9.17, 15) is 9.18 Å². The van der Waals surface area contributed by atoms with Gasteiger partial charge in [-0.3, -0.25) is 0 Å². The number of hydrogen-bond acceptors (Lipinski definition) is 4. The molecule has 2 N–H and O–H groups in total. The second-order valence-corrected chi connectivity index (χ2v) is 4.16. The largest absolute Gasteiger partial charge is 0.478 e. The van der Waals surface area contributed by atoms with Gasteiger partial charge in [0, 0.05) is 17.8 Å². The Hall–Kier alpha value is -2.37. The second-order valence-electron chi connectivity index (χ2n) is 4.16. The summed E-state index contributed by atoms with van der Waals surface area (Å²) in [6.07, 6.45) is 0. The van der Waals surface area contributed by atoms with Gasteiger partial charge in [-0.25, -0.2) is 9.18 Å². The number of carbonyl (C=O) groups is 1. The van der Waals surface area contributed by atoms with Crippen LogP contribution in [0, 0.1) is 19.7 Å². The molecule has 5 nitrogen and oxygen atoms in total. The maximum Gasteiger partial charge on any atom is 0.338 e. The highest BCUT2D eigenvalue weighted by atomic mass is 19.1. The summed E-state index contributed by atoms with van der Waals surface area (Å²) in [4.78, 5) is 10.7. The fraction of sp³-hybridized carbons (Fsp3) is 0.231. The number of nitrogens with one attached hydrogen (secondary N) is 1. The molecule has 0 atom stereocenters. The minimum atomic E-state index is -1.28. The molecular weight excluding hydrogens is 251 g/mol. The van der Waals surface area contributed by atoms with Crippen LogP contribution in [0.1, 0.15) is 27.4 Å². The molecule has 0 aliphatic rings. The summed E-state index contributed by atoms with van der Waals surface area (Å²) in [5.41, 5.74) is 1.83. The molecule has 19 heavy (non-hydrogen) atoms. The molecule has 0 radical (unpaired) electrons. The Labute approximate surface area is 109 Å². The van der Waals surface area contributed by atoms with Crippen LogP contribution in [-0.2, 0) is 6.54 Å². The average molecular weight is 264 g/mol. The summed E-state index contributed by atoms with van der Waals surface area (Å²) in [6, 6.07) is 3.90. The highest BCUT2D eigenvalue weighted by Gasteiger charge is 2.12. The first-order valence-corrected chi connectivity index (χ1v) is 5.67. The van der Waals surface area contributed by atoms with Gasteiger partial charge in [0.25, 0.3) is 0 Å². The van der Waals surface area contributed by atoms with E-state index in [4.69, 9.17) is 9.63 Å². The van der Waals surface area contributed by atoms with Gasteiger partial charge in [-0.15, -0.1) is 0 Å². The number of hydrogen-bond donors (Lipinski definition) is 2. The van der Waals surface area contributed by atoms with E-state index < -0.39 is 11.8 Å². The summed E-state index contributed by atoms with van der Waals surface area (Å²) in [5.74, 6) is -1.35. The van der Waals surface area contributed by atoms with E-state index in [-0.39, 0.29) is 5.56 Å². The normalized spacial score (nSPS) is 10.5. The third-order valence-corrected chi connectivity index (χ3v) is 2.85. The number of aryl methyl sites for hydroxylation is 2. The van der Waals surface area contributed by atoms with Crippen LogP contribution in [-0.4, -0.2) is 16.2 Å². The molecule has 0 bridgehead atoms. The van der Waals surface area contributed by atoms with Crippen molar-refractivity contribution in [1.29, 1.82) is 0 Å². The molecule has 0 unspecified atom stereocenters. The molecule has 0 spiro atoms. The fourth-order valence-electron chi connectivity index (χ4n) is 1.74. The fourth-order valence-corrected chi connectivity index (χ4v) is 1.74. The lowest BCUT2D eigenvalue weighted by Gasteiger charge is -2.07. The van der Waals surface area contributed by atoms with Crippen molar-refractivity contribution in [2.24, 2.45) is 0 Å². The number of carboxylic acids is 1. The van der Waals surface area contributed by atoms with E-state index in [0.717, 1.165) is 17.3 Å². The van der Waals surface area contributed by atoms with Crippen LogP contribution < -0.4 is 5.32 Å². The first kappa shape index (κ1) is 13.1. The number of aromatic carboxylic acids is 1. The lowest BCUT2D eigenvalue weighted by Crippen LogP contribution is -2.04. The molecule has 1 aromatic carbocycles. The topological polar surface area (TPSA) is 75.4 Å². The third kappa shape index (κ3) is 2.73. The Balaban J connectivity index is 2.13. The molecule has 100 valence electrons. The number of anilines is 1. The lowest BCUT2D eigenvalue weighted by molar-refractivity contribution is 0.0692. The predicted octanol–water partition coefficient (Wildman–Crippen LogP) is 2.74. The molecule has 0 fully saturated rings. The lowest BCUT2D eigenvalue weighted by atomic mass is 10.1. The summed E-state index contributed by atoms with van der Waals surface area (Å²) in [7, 11) is 0. The zero-order valence-electron chi connectivity index (χ0n) is 10.5. The average Bonchev–Trinajstić information content (AvgIpc) is 2.66. The van der Waals surface area contributed by atoms with Crippen molar-refractivity contribution in [2.75, 3.05) is 5.32 Å². The Kier molecular flexibility index (Phi) is 3.50. The number of halogens is 1. The first-order valence-electron chi connectivity index (χ1n) is 5.67. The SMILES string of the molecule is Cc1noc(C)c1CNc1ccc(C(=O)O)c(F)c1. The van der Waals surface area contributed by atoms with Gasteiger partial charge in [0.1, 0.15) is 11.6 Å². The molecule has 1 heterocycles. The van der Waals surface area contributed by atoms with Crippen LogP contribution in [0.2, 0.25) is 0 Å². The van der Waals surface area contributed by atoms with E-state index in [1.165, 1.54) is 12.1 Å². The van der Waals surface area contributed by atoms with E-state index in [2.05, 4.69) is 10.5 Å². The van der Waals surface area contributed by atoms with Crippen molar-refractivity contribution < 1.29 is 18.8 Å². The van der Waals surface area contributed by atoms with E-state index in [1.807, 2.05) is 6.92 Å². The van der Waals surface area contributed by atoms with Gasteiger partial charge in [0.05, 0.1) is 11.3 Å². The van der Waals surface area contributed by atoms with E-state index in [1.54, 1.807) is 6.92 Å². The van der Waals surface area contributed by atoms with Crippen molar-refractivity contribution >= 4 is 11.7 Å². The molecule has 2 aromatic rings. The number of benzene rings is 1. The molecule has 1 aromatic heterocycles. The van der Waals surface area contributed by atoms with Crippen LogP contribution in [0.4, 0.5) is 10.1 Å². The van der Waals surface area contributed by atoms with Gasteiger partial charge >= 0.3 is 5.97 Å². The van der Waals surface area contributed by atoms with Crippen molar-refractivity contribution in [3.63, 3.8) is 0 Å². The zero-order valence-corrected chi connectivity index (χ0v) is 10.5. The molecule has 0 saturated carbocycles. The molecule has 6 heteroatoms. The molecular formula is C13H13FN2O3. The zero-order chi connectivity index (χ0) is 14.0. The maximum absolute atomic E-state index is 13.5. The summed E-state index contributed by atoms with van der Waals surface area (Å²) < 4.78 is 18.5. The van der Waals surface area contributed by atoms with E-state index >= 15 is 0 Å². The molecule has 0 saturated heterocycles. The van der Waals surface area contributed by atoms with Gasteiger partial charge < -0.3 is 14.9 Å². The van der Waals surface area contributed by atoms with Gasteiger partial charge in [-0.2, -0.15) is 0 Å². The first-order chi connectivity index (χ1) is 8.99. The minimum Gasteiger partial charge on any atom is -0.478 e. The number of aromatic nitrogens is 1. The van der Waals surface area contributed by atoms with Gasteiger partial charge in [-0.1, -0.05) is 5.16 Å². The molecule has 0 aliphatic heterocycles. The Morgan fingerprint density at radius 1 is 1.47 bits per heavy atom. The Bertz CT molecular complexity index is 603. The smallest absolute Gasteiger partial charge is 0.338 e. The Morgan fingerprint density at radius 3 is 2.74 bits per heavy atom. The monoisotopic (exact) mass is 264 g/mol. The number of carboxylic acid groups (broad SMARTS) is 1. The van der Waals surface area contributed by atoms with Crippen LogP contribution in [0.15, 0.2) is 22.7 Å². The van der Waals surface area contributed by atoms with Crippen molar-refractivity contribution in [3.05, 3.63) is 46.6 Å².